The molecule has 0 aliphatic rings. The van der Waals surface area contributed by atoms with Crippen molar-refractivity contribution in [2.45, 2.75) is 32.6 Å². The largest absolute Gasteiger partial charge is 0.306 e. The van der Waals surface area contributed by atoms with Crippen molar-refractivity contribution >= 4 is 34.5 Å². The fraction of sp³-hybridized carbons (Fsp3) is 0.192. The molecule has 3 aromatic heterocycles. The molecule has 0 bridgehead atoms. The fourth-order valence-electron chi connectivity index (χ4n) is 3.92. The molecule has 1 N–H and O–H groups in total. The van der Waals surface area contributed by atoms with Crippen LogP contribution in [0.15, 0.2) is 66.0 Å². The molecule has 0 fully saturated rings. The summed E-state index contributed by atoms with van der Waals surface area (Å²) in [4.78, 5) is 23.1. The molecule has 0 atom stereocenters. The van der Waals surface area contributed by atoms with Crippen molar-refractivity contribution in [3.05, 3.63) is 83.4 Å². The van der Waals surface area contributed by atoms with E-state index in [1.165, 1.54) is 17.5 Å². The molecule has 0 spiro atoms. The number of hydrogen-bond acceptors (Lipinski definition) is 6. The molecular formula is C26H25N7OS. The maximum absolute atomic E-state index is 13.2. The van der Waals surface area contributed by atoms with Gasteiger partial charge in [-0.3, -0.25) is 4.79 Å². The van der Waals surface area contributed by atoms with Gasteiger partial charge in [-0.15, -0.1) is 11.8 Å². The molecule has 35 heavy (non-hydrogen) atoms. The molecule has 9 heteroatoms. The Morgan fingerprint density at radius 1 is 1.00 bits per heavy atom. The van der Waals surface area contributed by atoms with E-state index >= 15 is 0 Å². The third kappa shape index (κ3) is 4.30. The topological polar surface area (TPSA) is 90.5 Å². The quantitative estimate of drug-likeness (QED) is 0.330. The van der Waals surface area contributed by atoms with Gasteiger partial charge < -0.3 is 5.32 Å². The van der Waals surface area contributed by atoms with Crippen molar-refractivity contribution in [1.82, 2.24) is 29.5 Å². The number of hydrogen-bond donors (Lipinski definition) is 1. The molecule has 0 radical (unpaired) electrons. The van der Waals surface area contributed by atoms with Crippen LogP contribution in [-0.2, 0) is 0 Å². The molecule has 5 aromatic rings. The Morgan fingerprint density at radius 3 is 2.63 bits per heavy atom. The zero-order chi connectivity index (χ0) is 24.5. The van der Waals surface area contributed by atoms with Crippen LogP contribution in [0.25, 0.3) is 22.5 Å². The van der Waals surface area contributed by atoms with Gasteiger partial charge in [0.25, 0.3) is 5.91 Å². The second-order valence-corrected chi connectivity index (χ2v) is 9.53. The lowest BCUT2D eigenvalue weighted by atomic mass is 10.1. The van der Waals surface area contributed by atoms with E-state index in [-0.39, 0.29) is 5.91 Å². The number of amides is 1. The van der Waals surface area contributed by atoms with Gasteiger partial charge >= 0.3 is 0 Å². The van der Waals surface area contributed by atoms with Gasteiger partial charge in [0.05, 0.1) is 28.5 Å². The number of benzene rings is 2. The molecule has 176 valence electrons. The molecule has 0 saturated carbocycles. The van der Waals surface area contributed by atoms with Crippen LogP contribution in [0.2, 0.25) is 0 Å². The van der Waals surface area contributed by atoms with Crippen LogP contribution in [0.4, 0.5) is 5.82 Å². The predicted molar refractivity (Wildman–Crippen MR) is 139 cm³/mol. The third-order valence-electron chi connectivity index (χ3n) is 5.79. The zero-order valence-electron chi connectivity index (χ0n) is 20.0. The molecule has 0 saturated heterocycles. The summed E-state index contributed by atoms with van der Waals surface area (Å²) in [6.07, 6.45) is 3.22. The van der Waals surface area contributed by atoms with Gasteiger partial charge in [-0.1, -0.05) is 25.1 Å². The fourth-order valence-corrected chi connectivity index (χ4v) is 4.72. The SMILES string of the molecule is CCSc1ccccc1C(=O)Nc1cc(C)nn1-c1ncnc2c1cnn2-c1ccc(C)c(C)c1. The first kappa shape index (κ1) is 22.8. The Hall–Kier alpha value is -3.98. The highest BCUT2D eigenvalue weighted by Crippen LogP contribution is 2.27. The summed E-state index contributed by atoms with van der Waals surface area (Å²) < 4.78 is 3.43. The first-order valence-corrected chi connectivity index (χ1v) is 12.3. The number of fused-ring (bicyclic) bond motifs is 1. The van der Waals surface area contributed by atoms with Crippen molar-refractivity contribution in [2.24, 2.45) is 0 Å². The Kier molecular flexibility index (Phi) is 6.08. The van der Waals surface area contributed by atoms with E-state index in [4.69, 9.17) is 0 Å². The molecule has 0 unspecified atom stereocenters. The van der Waals surface area contributed by atoms with Crippen LogP contribution in [0.5, 0.6) is 0 Å². The number of thioether (sulfide) groups is 1. The summed E-state index contributed by atoms with van der Waals surface area (Å²) in [5.74, 6) is 1.76. The first-order valence-electron chi connectivity index (χ1n) is 11.3. The molecule has 5 rings (SSSR count). The van der Waals surface area contributed by atoms with E-state index in [2.05, 4.69) is 58.4 Å². The van der Waals surface area contributed by atoms with Gasteiger partial charge in [0, 0.05) is 11.0 Å². The minimum Gasteiger partial charge on any atom is -0.306 e. The maximum Gasteiger partial charge on any atom is 0.257 e. The summed E-state index contributed by atoms with van der Waals surface area (Å²) in [5.41, 5.74) is 5.35. The van der Waals surface area contributed by atoms with Gasteiger partial charge in [0.15, 0.2) is 11.5 Å². The Bertz CT molecular complexity index is 1550. The average molecular weight is 484 g/mol. The lowest BCUT2D eigenvalue weighted by Crippen LogP contribution is -2.16. The predicted octanol–water partition coefficient (Wildman–Crippen LogP) is 5.29. The second-order valence-electron chi connectivity index (χ2n) is 8.23. The first-order chi connectivity index (χ1) is 17.0. The Morgan fingerprint density at radius 2 is 1.83 bits per heavy atom. The maximum atomic E-state index is 13.2. The van der Waals surface area contributed by atoms with Gasteiger partial charge in [0.2, 0.25) is 0 Å². The van der Waals surface area contributed by atoms with Crippen LogP contribution in [-0.4, -0.2) is 41.2 Å². The van der Waals surface area contributed by atoms with Crippen LogP contribution in [0.1, 0.15) is 34.1 Å². The van der Waals surface area contributed by atoms with Gasteiger partial charge in [-0.05, 0) is 61.9 Å². The standard InChI is InChI=1S/C26H25N7OS/c1-5-35-22-9-7-6-8-20(22)26(34)30-23-13-18(4)31-33(23)25-21-14-29-32(24(21)27-15-28-25)19-11-10-16(2)17(3)12-19/h6-15H,5H2,1-4H3,(H,30,34). The van der Waals surface area contributed by atoms with Crippen molar-refractivity contribution in [2.75, 3.05) is 11.1 Å². The zero-order valence-corrected chi connectivity index (χ0v) is 20.8. The number of aromatic nitrogens is 6. The number of rotatable bonds is 6. The number of nitrogens with one attached hydrogen (secondary N) is 1. The third-order valence-corrected chi connectivity index (χ3v) is 6.74. The summed E-state index contributed by atoms with van der Waals surface area (Å²) in [5, 5.41) is 12.9. The van der Waals surface area contributed by atoms with E-state index in [1.54, 1.807) is 27.3 Å². The lowest BCUT2D eigenvalue weighted by molar-refractivity contribution is 0.102. The highest BCUT2D eigenvalue weighted by atomic mass is 32.2. The van der Waals surface area contributed by atoms with Crippen LogP contribution in [0.3, 0.4) is 0 Å². The number of carbonyl (C=O) groups is 1. The smallest absolute Gasteiger partial charge is 0.257 e. The molecule has 3 heterocycles. The molecule has 0 aliphatic carbocycles. The van der Waals surface area contributed by atoms with Crippen LogP contribution < -0.4 is 5.32 Å². The van der Waals surface area contributed by atoms with E-state index in [0.717, 1.165) is 27.4 Å². The summed E-state index contributed by atoms with van der Waals surface area (Å²) in [6, 6.07) is 15.6. The van der Waals surface area contributed by atoms with Gasteiger partial charge in [0.1, 0.15) is 12.1 Å². The van der Waals surface area contributed by atoms with Crippen molar-refractivity contribution < 1.29 is 4.79 Å². The van der Waals surface area contributed by atoms with Crippen LogP contribution in [0, 0.1) is 20.8 Å². The van der Waals surface area contributed by atoms with Crippen LogP contribution >= 0.6 is 11.8 Å². The van der Waals surface area contributed by atoms with Gasteiger partial charge in [-0.2, -0.15) is 14.9 Å². The van der Waals surface area contributed by atoms with Crippen molar-refractivity contribution in [3.63, 3.8) is 0 Å². The minimum atomic E-state index is -0.196. The number of nitrogens with zero attached hydrogens (tertiary/aromatic N) is 6. The molecule has 2 aromatic carbocycles. The molecular weight excluding hydrogens is 458 g/mol. The summed E-state index contributed by atoms with van der Waals surface area (Å²) >= 11 is 1.64. The lowest BCUT2D eigenvalue weighted by Gasteiger charge is -2.11. The number of aryl methyl sites for hydroxylation is 3. The second kappa shape index (κ2) is 9.34. The summed E-state index contributed by atoms with van der Waals surface area (Å²) in [6.45, 7) is 8.10. The normalized spacial score (nSPS) is 11.2. The average Bonchev–Trinajstić information content (AvgIpc) is 3.44. The van der Waals surface area contributed by atoms with E-state index in [0.29, 0.717) is 22.8 Å². The van der Waals surface area contributed by atoms with E-state index in [1.807, 2.05) is 43.3 Å². The number of anilines is 1. The van der Waals surface area contributed by atoms with E-state index in [9.17, 15) is 4.79 Å². The number of carbonyl (C=O) groups excluding carboxylic acids is 1. The monoisotopic (exact) mass is 483 g/mol. The molecule has 0 aliphatic heterocycles. The molecule has 8 nitrogen and oxygen atoms in total. The Labute approximate surface area is 207 Å². The molecule has 1 amide bonds. The Balaban J connectivity index is 1.55. The van der Waals surface area contributed by atoms with E-state index < -0.39 is 0 Å². The highest BCUT2D eigenvalue weighted by molar-refractivity contribution is 7.99. The summed E-state index contributed by atoms with van der Waals surface area (Å²) in [7, 11) is 0. The minimum absolute atomic E-state index is 0.196. The van der Waals surface area contributed by atoms with Gasteiger partial charge in [-0.25, -0.2) is 14.6 Å². The van der Waals surface area contributed by atoms with Crippen molar-refractivity contribution in [3.8, 4) is 11.5 Å². The highest BCUT2D eigenvalue weighted by Gasteiger charge is 2.19. The van der Waals surface area contributed by atoms with Crippen molar-refractivity contribution in [1.29, 1.82) is 0 Å².